The van der Waals surface area contributed by atoms with Gasteiger partial charge in [-0.1, -0.05) is 43.1 Å². The van der Waals surface area contributed by atoms with Gasteiger partial charge in [0.25, 0.3) is 0 Å². The van der Waals surface area contributed by atoms with E-state index >= 15 is 0 Å². The summed E-state index contributed by atoms with van der Waals surface area (Å²) < 4.78 is 0. The smallest absolute Gasteiger partial charge is 0.336 e. The number of rotatable bonds is 8. The maximum absolute atomic E-state index is 11.0. The van der Waals surface area contributed by atoms with Crippen molar-refractivity contribution in [1.82, 2.24) is 5.32 Å². The molecule has 1 aromatic carbocycles. The first-order chi connectivity index (χ1) is 10.1. The van der Waals surface area contributed by atoms with Crippen molar-refractivity contribution in [3.05, 3.63) is 33.8 Å². The third-order valence-corrected chi connectivity index (χ3v) is 4.02. The molecule has 6 heteroatoms. The van der Waals surface area contributed by atoms with Crippen molar-refractivity contribution in [2.75, 3.05) is 6.54 Å². The Hall–Kier alpha value is -0.810. The molecule has 124 valence electrons. The number of nitrogens with one attached hydrogen (secondary N) is 1. The fourth-order valence-electron chi connectivity index (χ4n) is 2.18. The molecule has 0 spiro atoms. The molecular weight excluding hydrogens is 325 g/mol. The molecule has 2 unspecified atom stereocenters. The van der Waals surface area contributed by atoms with Gasteiger partial charge >= 0.3 is 5.97 Å². The molecule has 22 heavy (non-hydrogen) atoms. The lowest BCUT2D eigenvalue weighted by Crippen LogP contribution is -2.48. The van der Waals surface area contributed by atoms with Crippen LogP contribution in [0.1, 0.15) is 32.8 Å². The highest BCUT2D eigenvalue weighted by molar-refractivity contribution is 6.35. The first kappa shape index (κ1) is 19.2. The molecule has 0 heterocycles. The average molecular weight is 348 g/mol. The zero-order valence-corrected chi connectivity index (χ0v) is 14.6. The van der Waals surface area contributed by atoms with Crippen LogP contribution in [-0.2, 0) is 11.2 Å². The van der Waals surface area contributed by atoms with E-state index in [4.69, 9.17) is 28.3 Å². The molecule has 3 N–H and O–H groups in total. The van der Waals surface area contributed by atoms with Gasteiger partial charge in [-0.15, -0.1) is 0 Å². The SMILES string of the molecule is CC(C)CC(Cc1ccc(Cl)cc1Cl)NCC(C)(O)C(=O)O. The fourth-order valence-corrected chi connectivity index (χ4v) is 2.66. The normalized spacial score (nSPS) is 15.6. The quantitative estimate of drug-likeness (QED) is 0.674. The molecule has 0 fully saturated rings. The minimum atomic E-state index is -1.79. The van der Waals surface area contributed by atoms with Crippen LogP contribution >= 0.6 is 23.2 Å². The molecule has 4 nitrogen and oxygen atoms in total. The molecule has 0 aliphatic carbocycles. The summed E-state index contributed by atoms with van der Waals surface area (Å²) in [6.45, 7) is 5.44. The maximum Gasteiger partial charge on any atom is 0.336 e. The molecule has 0 bridgehead atoms. The first-order valence-electron chi connectivity index (χ1n) is 7.25. The Morgan fingerprint density at radius 2 is 2.00 bits per heavy atom. The van der Waals surface area contributed by atoms with Crippen molar-refractivity contribution in [3.8, 4) is 0 Å². The van der Waals surface area contributed by atoms with E-state index in [-0.39, 0.29) is 12.6 Å². The lowest BCUT2D eigenvalue weighted by Gasteiger charge is -2.26. The number of carboxylic acid groups (broad SMARTS) is 1. The van der Waals surface area contributed by atoms with E-state index in [0.717, 1.165) is 12.0 Å². The molecule has 0 radical (unpaired) electrons. The van der Waals surface area contributed by atoms with Crippen LogP contribution in [0, 0.1) is 5.92 Å². The monoisotopic (exact) mass is 347 g/mol. The number of hydrogen-bond acceptors (Lipinski definition) is 3. The number of aliphatic hydroxyl groups is 1. The number of aliphatic carboxylic acids is 1. The molecular formula is C16H23Cl2NO3. The maximum atomic E-state index is 11.0. The Balaban J connectivity index is 2.78. The van der Waals surface area contributed by atoms with Gasteiger partial charge in [-0.05, 0) is 43.4 Å². The number of hydrogen-bond donors (Lipinski definition) is 3. The van der Waals surface area contributed by atoms with Crippen molar-refractivity contribution >= 4 is 29.2 Å². The van der Waals surface area contributed by atoms with Crippen molar-refractivity contribution in [2.24, 2.45) is 5.92 Å². The number of carbonyl (C=O) groups is 1. The minimum Gasteiger partial charge on any atom is -0.479 e. The summed E-state index contributed by atoms with van der Waals surface area (Å²) in [4.78, 5) is 11.0. The predicted octanol–water partition coefficient (Wildman–Crippen LogP) is 3.38. The van der Waals surface area contributed by atoms with E-state index in [1.54, 1.807) is 12.1 Å². The second kappa shape index (κ2) is 8.16. The average Bonchev–Trinajstić information content (AvgIpc) is 2.38. The highest BCUT2D eigenvalue weighted by Crippen LogP contribution is 2.23. The van der Waals surface area contributed by atoms with Crippen LogP contribution in [0.15, 0.2) is 18.2 Å². The van der Waals surface area contributed by atoms with E-state index in [0.29, 0.717) is 22.4 Å². The second-order valence-corrected chi connectivity index (χ2v) is 7.07. The summed E-state index contributed by atoms with van der Waals surface area (Å²) in [6, 6.07) is 5.36. The van der Waals surface area contributed by atoms with Crippen LogP contribution in [0.5, 0.6) is 0 Å². The summed E-state index contributed by atoms with van der Waals surface area (Å²) >= 11 is 12.1. The van der Waals surface area contributed by atoms with E-state index in [1.165, 1.54) is 6.92 Å². The fraction of sp³-hybridized carbons (Fsp3) is 0.562. The van der Waals surface area contributed by atoms with E-state index in [2.05, 4.69) is 19.2 Å². The van der Waals surface area contributed by atoms with Crippen molar-refractivity contribution in [1.29, 1.82) is 0 Å². The van der Waals surface area contributed by atoms with Crippen LogP contribution in [0.25, 0.3) is 0 Å². The molecule has 0 amide bonds. The Labute approximate surface area is 141 Å². The zero-order chi connectivity index (χ0) is 16.9. The predicted molar refractivity (Wildman–Crippen MR) is 89.7 cm³/mol. The highest BCUT2D eigenvalue weighted by atomic mass is 35.5. The van der Waals surface area contributed by atoms with Gasteiger partial charge in [0.15, 0.2) is 5.60 Å². The van der Waals surface area contributed by atoms with E-state index in [9.17, 15) is 9.90 Å². The van der Waals surface area contributed by atoms with Gasteiger partial charge in [-0.3, -0.25) is 0 Å². The number of carboxylic acids is 1. The van der Waals surface area contributed by atoms with Crippen LogP contribution in [-0.4, -0.2) is 34.4 Å². The summed E-state index contributed by atoms with van der Waals surface area (Å²) in [5, 5.41) is 23.1. The third kappa shape index (κ3) is 6.13. The topological polar surface area (TPSA) is 69.6 Å². The number of benzene rings is 1. The second-order valence-electron chi connectivity index (χ2n) is 6.23. The molecule has 0 saturated heterocycles. The largest absolute Gasteiger partial charge is 0.479 e. The summed E-state index contributed by atoms with van der Waals surface area (Å²) in [6.07, 6.45) is 1.48. The zero-order valence-electron chi connectivity index (χ0n) is 13.1. The molecule has 0 aromatic heterocycles. The molecule has 0 saturated carbocycles. The van der Waals surface area contributed by atoms with Gasteiger partial charge in [-0.2, -0.15) is 0 Å². The molecule has 1 aromatic rings. The van der Waals surface area contributed by atoms with Gasteiger partial charge in [0.05, 0.1) is 0 Å². The lowest BCUT2D eigenvalue weighted by atomic mass is 9.96. The molecule has 2 atom stereocenters. The van der Waals surface area contributed by atoms with Crippen molar-refractivity contribution < 1.29 is 15.0 Å². The van der Waals surface area contributed by atoms with E-state index in [1.807, 2.05) is 6.07 Å². The van der Waals surface area contributed by atoms with Crippen LogP contribution in [0.4, 0.5) is 0 Å². The van der Waals surface area contributed by atoms with Crippen LogP contribution in [0.2, 0.25) is 10.0 Å². The Morgan fingerprint density at radius 3 is 2.50 bits per heavy atom. The highest BCUT2D eigenvalue weighted by Gasteiger charge is 2.30. The lowest BCUT2D eigenvalue weighted by molar-refractivity contribution is -0.156. The minimum absolute atomic E-state index is 0.0181. The van der Waals surface area contributed by atoms with Crippen molar-refractivity contribution in [2.45, 2.75) is 45.3 Å². The van der Waals surface area contributed by atoms with Crippen LogP contribution in [0.3, 0.4) is 0 Å². The van der Waals surface area contributed by atoms with Gasteiger partial charge in [-0.25, -0.2) is 4.79 Å². The molecule has 0 aliphatic heterocycles. The first-order valence-corrected chi connectivity index (χ1v) is 8.00. The van der Waals surface area contributed by atoms with Gasteiger partial charge in [0.2, 0.25) is 0 Å². The Morgan fingerprint density at radius 1 is 1.36 bits per heavy atom. The summed E-state index contributed by atoms with van der Waals surface area (Å²) in [5.41, 5.74) is -0.849. The molecule has 0 aliphatic rings. The van der Waals surface area contributed by atoms with Gasteiger partial charge < -0.3 is 15.5 Å². The van der Waals surface area contributed by atoms with Gasteiger partial charge in [0.1, 0.15) is 0 Å². The third-order valence-electron chi connectivity index (χ3n) is 3.43. The van der Waals surface area contributed by atoms with E-state index < -0.39 is 11.6 Å². The number of halogens is 2. The summed E-state index contributed by atoms with van der Waals surface area (Å²) in [5.74, 6) is -0.814. The van der Waals surface area contributed by atoms with Crippen molar-refractivity contribution in [3.63, 3.8) is 0 Å². The Kier molecular flexibility index (Phi) is 7.13. The Bertz CT molecular complexity index is 518. The standard InChI is InChI=1S/C16H23Cl2NO3/c1-10(2)6-13(19-9-16(3,22)15(20)21)7-11-4-5-12(17)8-14(11)18/h4-5,8,10,13,19,22H,6-7,9H2,1-3H3,(H,20,21). The molecule has 1 rings (SSSR count). The summed E-state index contributed by atoms with van der Waals surface area (Å²) in [7, 11) is 0. The van der Waals surface area contributed by atoms with Crippen LogP contribution < -0.4 is 5.32 Å². The van der Waals surface area contributed by atoms with Gasteiger partial charge in [0, 0.05) is 22.6 Å².